The summed E-state index contributed by atoms with van der Waals surface area (Å²) in [5.41, 5.74) is 15.7. The van der Waals surface area contributed by atoms with Crippen LogP contribution in [0.3, 0.4) is 0 Å². The van der Waals surface area contributed by atoms with Gasteiger partial charge in [0.2, 0.25) is 0 Å². The molecule has 1 atom stereocenters. The van der Waals surface area contributed by atoms with Gasteiger partial charge in [0.25, 0.3) is 0 Å². The van der Waals surface area contributed by atoms with Gasteiger partial charge in [0.15, 0.2) is 0 Å². The minimum absolute atomic E-state index is 0.0840. The number of anilines is 1. The Hall–Kier alpha value is -5.03. The van der Waals surface area contributed by atoms with Crippen molar-refractivity contribution in [2.24, 2.45) is 0 Å². The van der Waals surface area contributed by atoms with Crippen LogP contribution in [0, 0.1) is 20.8 Å². The third-order valence-electron chi connectivity index (χ3n) is 10.5. The average molecular weight is 908 g/mol. The van der Waals surface area contributed by atoms with Gasteiger partial charge < -0.3 is 0 Å². The number of hydrogen-bond donors (Lipinski definition) is 0. The van der Waals surface area contributed by atoms with E-state index in [9.17, 15) is 0 Å². The van der Waals surface area contributed by atoms with Gasteiger partial charge in [-0.05, 0) is 0 Å². The second-order valence-corrected chi connectivity index (χ2v) is 16.7. The van der Waals surface area contributed by atoms with Crippen LogP contribution < -0.4 is 9.64 Å². The molecule has 8 rings (SSSR count). The van der Waals surface area contributed by atoms with Crippen molar-refractivity contribution in [1.29, 1.82) is 0 Å². The van der Waals surface area contributed by atoms with Crippen molar-refractivity contribution in [2.75, 3.05) is 12.0 Å². The molecule has 6 aromatic rings. The molecule has 5 heteroatoms. The quantitative estimate of drug-likeness (QED) is 0.101. The van der Waals surface area contributed by atoms with E-state index in [1.54, 1.807) is 7.11 Å². The summed E-state index contributed by atoms with van der Waals surface area (Å²) in [4.78, 5) is 4.98. The van der Waals surface area contributed by atoms with Crippen LogP contribution in [-0.4, -0.2) is 16.4 Å². The molecule has 0 aromatic heterocycles. The maximum absolute atomic E-state index is 7.32. The minimum atomic E-state index is -0.738. The summed E-state index contributed by atoms with van der Waals surface area (Å²) in [5, 5.41) is 0. The van der Waals surface area contributed by atoms with Gasteiger partial charge in [-0.3, -0.25) is 0 Å². The summed E-state index contributed by atoms with van der Waals surface area (Å²) in [6.45, 7) is 6.63. The Labute approximate surface area is 333 Å². The summed E-state index contributed by atoms with van der Waals surface area (Å²) in [5.74, 6) is 0.656. The van der Waals surface area contributed by atoms with E-state index in [-0.39, 0.29) is 16.2 Å². The molecule has 0 fully saturated rings. The van der Waals surface area contributed by atoms with E-state index in [1.165, 1.54) is 61.3 Å². The number of halogens is 1. The molecule has 2 aliphatic rings. The fourth-order valence-electron chi connectivity index (χ4n) is 8.38. The molecular formula is C49H43AuClN2O-. The summed E-state index contributed by atoms with van der Waals surface area (Å²) in [6, 6.07) is 52.6. The van der Waals surface area contributed by atoms with Crippen molar-refractivity contribution in [3.05, 3.63) is 231 Å². The van der Waals surface area contributed by atoms with Gasteiger partial charge in [0.05, 0.1) is 0 Å². The predicted octanol–water partition coefficient (Wildman–Crippen LogP) is 12.1. The van der Waals surface area contributed by atoms with Gasteiger partial charge in [0, 0.05) is 0 Å². The van der Waals surface area contributed by atoms with E-state index in [0.717, 1.165) is 17.1 Å². The zero-order chi connectivity index (χ0) is 37.2. The second-order valence-electron chi connectivity index (χ2n) is 14.0. The number of allylic oxidation sites excluding steroid dienone is 3. The molecule has 0 spiro atoms. The van der Waals surface area contributed by atoms with Crippen LogP contribution in [0.5, 0.6) is 5.75 Å². The van der Waals surface area contributed by atoms with Crippen LogP contribution in [0.2, 0.25) is 0 Å². The van der Waals surface area contributed by atoms with E-state index in [0.29, 0.717) is 0 Å². The Bertz CT molecular complexity index is 2150. The molecule has 0 radical (unpaired) electrons. The SMILES string of the molecule is COc1cc(C(c2ccccc2)c2ccccc2)c(N2C=C3C=CC=C(c4c(C)cc(C)cc4C)N3[CH]2[Au-][Cl])c(C(c2ccccc2)c2ccccc2)c1. The van der Waals surface area contributed by atoms with Crippen LogP contribution in [0.25, 0.3) is 5.70 Å². The molecule has 3 nitrogen and oxygen atoms in total. The van der Waals surface area contributed by atoms with E-state index in [2.05, 4.69) is 201 Å². The van der Waals surface area contributed by atoms with Crippen molar-refractivity contribution in [3.63, 3.8) is 0 Å². The first-order valence-electron chi connectivity index (χ1n) is 18.3. The van der Waals surface area contributed by atoms with Gasteiger partial charge in [0.1, 0.15) is 0 Å². The van der Waals surface area contributed by atoms with Crippen molar-refractivity contribution < 1.29 is 23.4 Å². The van der Waals surface area contributed by atoms with Crippen LogP contribution in [0.4, 0.5) is 5.69 Å². The molecule has 0 bridgehead atoms. The molecule has 0 amide bonds. The molecule has 0 saturated carbocycles. The second kappa shape index (κ2) is 15.8. The molecule has 2 heterocycles. The van der Waals surface area contributed by atoms with Crippen molar-refractivity contribution in [3.8, 4) is 5.75 Å². The molecule has 2 aliphatic heterocycles. The molecule has 1 unspecified atom stereocenters. The van der Waals surface area contributed by atoms with Crippen LogP contribution >= 0.6 is 9.19 Å². The van der Waals surface area contributed by atoms with Gasteiger partial charge in [-0.25, -0.2) is 0 Å². The fourth-order valence-corrected chi connectivity index (χ4v) is 10.9. The number of rotatable bonds is 10. The normalized spacial score (nSPS) is 15.1. The molecule has 6 aromatic carbocycles. The molecular weight excluding hydrogens is 865 g/mol. The van der Waals surface area contributed by atoms with E-state index in [1.807, 2.05) is 0 Å². The number of aryl methyl sites for hydroxylation is 3. The van der Waals surface area contributed by atoms with Gasteiger partial charge >= 0.3 is 335 Å². The van der Waals surface area contributed by atoms with Crippen molar-refractivity contribution >= 4 is 20.6 Å². The Morgan fingerprint density at radius 3 is 1.48 bits per heavy atom. The first-order valence-corrected chi connectivity index (χ1v) is 22.2. The van der Waals surface area contributed by atoms with Crippen molar-refractivity contribution in [1.82, 2.24) is 4.90 Å². The van der Waals surface area contributed by atoms with Crippen molar-refractivity contribution in [2.45, 2.75) is 37.0 Å². The zero-order valence-corrected chi connectivity index (χ0v) is 33.8. The van der Waals surface area contributed by atoms with E-state index >= 15 is 0 Å². The summed E-state index contributed by atoms with van der Waals surface area (Å²) >= 11 is -0.738. The third kappa shape index (κ3) is 6.78. The monoisotopic (exact) mass is 907 g/mol. The first-order chi connectivity index (χ1) is 26.5. The van der Waals surface area contributed by atoms with Crippen LogP contribution in [0.1, 0.15) is 67.5 Å². The van der Waals surface area contributed by atoms with E-state index in [4.69, 9.17) is 13.9 Å². The number of hydrogen-bond acceptors (Lipinski definition) is 3. The molecule has 274 valence electrons. The van der Waals surface area contributed by atoms with Crippen LogP contribution in [-0.2, 0) is 18.7 Å². The number of fused-ring (bicyclic) bond motifs is 1. The fraction of sp³-hybridized carbons (Fsp3) is 0.143. The van der Waals surface area contributed by atoms with Gasteiger partial charge in [-0.2, -0.15) is 0 Å². The number of nitrogens with zero attached hydrogens (tertiary/aromatic N) is 2. The zero-order valence-electron chi connectivity index (χ0n) is 30.9. The Kier molecular flexibility index (Phi) is 10.5. The number of ether oxygens (including phenoxy) is 1. The van der Waals surface area contributed by atoms with Gasteiger partial charge in [-0.1, -0.05) is 0 Å². The predicted molar refractivity (Wildman–Crippen MR) is 220 cm³/mol. The summed E-state index contributed by atoms with van der Waals surface area (Å²) in [6.07, 6.45) is 9.01. The topological polar surface area (TPSA) is 15.7 Å². The maximum atomic E-state index is 7.32. The molecule has 0 aliphatic carbocycles. The Balaban J connectivity index is 1.43. The van der Waals surface area contributed by atoms with Crippen LogP contribution in [0.15, 0.2) is 176 Å². The number of methoxy groups -OCH3 is 1. The first kappa shape index (κ1) is 36.0. The summed E-state index contributed by atoms with van der Waals surface area (Å²) in [7, 11) is 9.10. The molecule has 0 N–H and O–H groups in total. The Morgan fingerprint density at radius 2 is 1.07 bits per heavy atom. The molecule has 0 saturated heterocycles. The third-order valence-corrected chi connectivity index (χ3v) is 13.1. The standard InChI is InChI=1S/C49H43N2O.Au.ClH/c1-34-28-35(2)46(36(3)29-34)45-27-17-26-41-32-50(33-51(41)45)49-43(47(37-18-9-5-10-19-37)38-20-11-6-12-21-38)30-42(52-4)31-44(49)48(39-22-13-7-14-23-39)40-24-15-8-16-25-40;;/h5-33,47-48H,1-4H3;;1H/p-1. The number of benzene rings is 6. The van der Waals surface area contributed by atoms with E-state index < -0.39 is 18.7 Å². The average Bonchev–Trinajstić information content (AvgIpc) is 3.58. The van der Waals surface area contributed by atoms with Gasteiger partial charge in [-0.15, -0.1) is 0 Å². The summed E-state index contributed by atoms with van der Waals surface area (Å²) < 4.78 is 6.12. The Morgan fingerprint density at radius 1 is 0.630 bits per heavy atom. The molecule has 54 heavy (non-hydrogen) atoms.